The van der Waals surface area contributed by atoms with E-state index in [0.29, 0.717) is 0 Å². The van der Waals surface area contributed by atoms with Gasteiger partial charge in [-0.15, -0.1) is 0 Å². The van der Waals surface area contributed by atoms with Gasteiger partial charge in [-0.05, 0) is 38.0 Å². The second kappa shape index (κ2) is 6.38. The number of rotatable bonds is 6. The molecule has 0 aliphatic heterocycles. The third-order valence-electron chi connectivity index (χ3n) is 2.25. The number of methoxy groups -OCH3 is 1. The van der Waals surface area contributed by atoms with Crippen molar-refractivity contribution in [3.63, 3.8) is 0 Å². The van der Waals surface area contributed by atoms with Crippen LogP contribution in [0.3, 0.4) is 0 Å². The molecule has 3 heteroatoms. The Kier molecular flexibility index (Phi) is 5.12. The van der Waals surface area contributed by atoms with Crippen LogP contribution in [0, 0.1) is 0 Å². The van der Waals surface area contributed by atoms with Crippen molar-refractivity contribution in [2.45, 2.75) is 33.3 Å². The van der Waals surface area contributed by atoms with Gasteiger partial charge in [0, 0.05) is 0 Å². The third-order valence-corrected chi connectivity index (χ3v) is 2.25. The number of benzene rings is 1. The molecule has 1 aromatic rings. The van der Waals surface area contributed by atoms with Crippen molar-refractivity contribution in [1.29, 1.82) is 0 Å². The van der Waals surface area contributed by atoms with Gasteiger partial charge in [0.1, 0.15) is 0 Å². The first-order valence-corrected chi connectivity index (χ1v) is 5.58. The van der Waals surface area contributed by atoms with Gasteiger partial charge < -0.3 is 14.2 Å². The minimum Gasteiger partial charge on any atom is -0.493 e. The fourth-order valence-corrected chi connectivity index (χ4v) is 1.29. The highest BCUT2D eigenvalue weighted by molar-refractivity contribution is 5.42. The minimum absolute atomic E-state index is 0.167. The van der Waals surface area contributed by atoms with Gasteiger partial charge in [-0.25, -0.2) is 0 Å². The highest BCUT2D eigenvalue weighted by Crippen LogP contribution is 2.28. The van der Waals surface area contributed by atoms with Crippen LogP contribution in [0.4, 0.5) is 0 Å². The van der Waals surface area contributed by atoms with Gasteiger partial charge in [0.2, 0.25) is 0 Å². The summed E-state index contributed by atoms with van der Waals surface area (Å²) in [6.07, 6.45) is 1.14. The summed E-state index contributed by atoms with van der Waals surface area (Å²) in [7, 11) is 1.64. The standard InChI is InChI=1S/C13H20O3/c1-5-11-6-7-12(14-4)13(8-11)16-9-15-10(2)3/h6-8,10H,5,9H2,1-4H3. The summed E-state index contributed by atoms with van der Waals surface area (Å²) in [5, 5.41) is 0. The van der Waals surface area contributed by atoms with Crippen LogP contribution in [0.25, 0.3) is 0 Å². The molecule has 0 bridgehead atoms. The van der Waals surface area contributed by atoms with Gasteiger partial charge in [-0.3, -0.25) is 0 Å². The zero-order valence-corrected chi connectivity index (χ0v) is 10.4. The number of aryl methyl sites for hydroxylation is 1. The Morgan fingerprint density at radius 1 is 1.19 bits per heavy atom. The van der Waals surface area contributed by atoms with E-state index in [1.165, 1.54) is 5.56 Å². The number of hydrogen-bond acceptors (Lipinski definition) is 3. The van der Waals surface area contributed by atoms with Gasteiger partial charge in [0.25, 0.3) is 0 Å². The topological polar surface area (TPSA) is 27.7 Å². The highest BCUT2D eigenvalue weighted by Gasteiger charge is 2.05. The van der Waals surface area contributed by atoms with Gasteiger partial charge in [-0.2, -0.15) is 0 Å². The van der Waals surface area contributed by atoms with Crippen LogP contribution >= 0.6 is 0 Å². The smallest absolute Gasteiger partial charge is 0.189 e. The summed E-state index contributed by atoms with van der Waals surface area (Å²) < 4.78 is 16.1. The summed E-state index contributed by atoms with van der Waals surface area (Å²) in [6.45, 7) is 6.31. The SMILES string of the molecule is CCc1ccc(OC)c(OCOC(C)C)c1. The Morgan fingerprint density at radius 3 is 2.50 bits per heavy atom. The average Bonchev–Trinajstić information content (AvgIpc) is 2.28. The predicted molar refractivity (Wildman–Crippen MR) is 64.1 cm³/mol. The Balaban J connectivity index is 2.67. The predicted octanol–water partition coefficient (Wildman–Crippen LogP) is 3.02. The fourth-order valence-electron chi connectivity index (χ4n) is 1.29. The summed E-state index contributed by atoms with van der Waals surface area (Å²) >= 11 is 0. The molecular formula is C13H20O3. The van der Waals surface area contributed by atoms with Crippen LogP contribution in [-0.2, 0) is 11.2 Å². The van der Waals surface area contributed by atoms with Crippen molar-refractivity contribution < 1.29 is 14.2 Å². The average molecular weight is 224 g/mol. The van der Waals surface area contributed by atoms with E-state index in [0.717, 1.165) is 17.9 Å². The molecule has 16 heavy (non-hydrogen) atoms. The van der Waals surface area contributed by atoms with Gasteiger partial charge in [0.15, 0.2) is 18.3 Å². The van der Waals surface area contributed by atoms with E-state index < -0.39 is 0 Å². The molecule has 0 amide bonds. The second-order valence-electron chi connectivity index (χ2n) is 3.82. The number of ether oxygens (including phenoxy) is 3. The summed E-state index contributed by atoms with van der Waals surface area (Å²) in [6, 6.07) is 5.95. The number of hydrogen-bond donors (Lipinski definition) is 0. The lowest BCUT2D eigenvalue weighted by Gasteiger charge is -2.13. The quantitative estimate of drug-likeness (QED) is 0.695. The Hall–Kier alpha value is -1.22. The monoisotopic (exact) mass is 224 g/mol. The largest absolute Gasteiger partial charge is 0.493 e. The Morgan fingerprint density at radius 2 is 1.94 bits per heavy atom. The summed E-state index contributed by atoms with van der Waals surface area (Å²) in [4.78, 5) is 0. The Labute approximate surface area is 97.3 Å². The molecule has 0 atom stereocenters. The molecule has 90 valence electrons. The maximum absolute atomic E-state index is 5.53. The second-order valence-corrected chi connectivity index (χ2v) is 3.82. The van der Waals surface area contributed by atoms with Crippen LogP contribution in [0.15, 0.2) is 18.2 Å². The molecule has 1 aromatic carbocycles. The van der Waals surface area contributed by atoms with Crippen molar-refractivity contribution in [3.8, 4) is 11.5 Å². The molecule has 0 saturated heterocycles. The minimum atomic E-state index is 0.167. The Bertz CT molecular complexity index is 321. The van der Waals surface area contributed by atoms with E-state index in [4.69, 9.17) is 14.2 Å². The summed E-state index contributed by atoms with van der Waals surface area (Å²) in [5.41, 5.74) is 1.22. The van der Waals surface area contributed by atoms with Crippen LogP contribution in [0.1, 0.15) is 26.3 Å². The first-order chi connectivity index (χ1) is 7.67. The molecule has 0 radical (unpaired) electrons. The first-order valence-electron chi connectivity index (χ1n) is 5.58. The van der Waals surface area contributed by atoms with Gasteiger partial charge in [0.05, 0.1) is 13.2 Å². The zero-order valence-electron chi connectivity index (χ0n) is 10.4. The molecule has 0 aliphatic carbocycles. The normalized spacial score (nSPS) is 10.6. The van der Waals surface area contributed by atoms with Crippen molar-refractivity contribution in [3.05, 3.63) is 23.8 Å². The third kappa shape index (κ3) is 3.74. The maximum atomic E-state index is 5.53. The molecule has 3 nitrogen and oxygen atoms in total. The van der Waals surface area contributed by atoms with Crippen molar-refractivity contribution >= 4 is 0 Å². The molecule has 0 saturated carbocycles. The van der Waals surface area contributed by atoms with Crippen LogP contribution in [0.2, 0.25) is 0 Å². The molecule has 0 spiro atoms. The lowest BCUT2D eigenvalue weighted by molar-refractivity contribution is -0.0210. The van der Waals surface area contributed by atoms with E-state index in [1.54, 1.807) is 7.11 Å². The van der Waals surface area contributed by atoms with E-state index in [2.05, 4.69) is 6.92 Å². The lowest BCUT2D eigenvalue weighted by atomic mass is 10.1. The van der Waals surface area contributed by atoms with E-state index >= 15 is 0 Å². The van der Waals surface area contributed by atoms with E-state index in [1.807, 2.05) is 32.0 Å². The first kappa shape index (κ1) is 12.8. The molecule has 0 aliphatic rings. The van der Waals surface area contributed by atoms with Crippen molar-refractivity contribution in [2.75, 3.05) is 13.9 Å². The van der Waals surface area contributed by atoms with E-state index in [-0.39, 0.29) is 12.9 Å². The fraction of sp³-hybridized carbons (Fsp3) is 0.538. The molecule has 0 N–H and O–H groups in total. The van der Waals surface area contributed by atoms with E-state index in [9.17, 15) is 0 Å². The lowest BCUT2D eigenvalue weighted by Crippen LogP contribution is -2.09. The molecular weight excluding hydrogens is 204 g/mol. The van der Waals surface area contributed by atoms with Crippen LogP contribution < -0.4 is 9.47 Å². The van der Waals surface area contributed by atoms with Gasteiger partial charge >= 0.3 is 0 Å². The van der Waals surface area contributed by atoms with Gasteiger partial charge in [-0.1, -0.05) is 13.0 Å². The molecule has 0 aromatic heterocycles. The molecule has 0 unspecified atom stereocenters. The summed E-state index contributed by atoms with van der Waals surface area (Å²) in [5.74, 6) is 1.48. The zero-order chi connectivity index (χ0) is 12.0. The molecule has 0 fully saturated rings. The van der Waals surface area contributed by atoms with Crippen molar-refractivity contribution in [2.24, 2.45) is 0 Å². The van der Waals surface area contributed by atoms with Crippen LogP contribution in [0.5, 0.6) is 11.5 Å². The highest BCUT2D eigenvalue weighted by atomic mass is 16.7. The maximum Gasteiger partial charge on any atom is 0.189 e. The molecule has 0 heterocycles. The molecule has 1 rings (SSSR count). The van der Waals surface area contributed by atoms with Crippen molar-refractivity contribution in [1.82, 2.24) is 0 Å². The van der Waals surface area contributed by atoms with Crippen LogP contribution in [-0.4, -0.2) is 20.0 Å².